The van der Waals surface area contributed by atoms with Crippen molar-refractivity contribution in [2.75, 3.05) is 26.9 Å². The lowest BCUT2D eigenvalue weighted by atomic mass is 9.78. The zero-order valence-corrected chi connectivity index (χ0v) is 31.2. The molecule has 286 valence electrons. The zero-order valence-electron chi connectivity index (χ0n) is 31.2. The predicted molar refractivity (Wildman–Crippen MR) is 203 cm³/mol. The maximum Gasteiger partial charge on any atom is 0.407 e. The molecular formula is C41H49F2N7O4. The van der Waals surface area contributed by atoms with E-state index in [0.29, 0.717) is 60.8 Å². The highest BCUT2D eigenvalue weighted by atomic mass is 19.3. The van der Waals surface area contributed by atoms with Crippen LogP contribution in [0.2, 0.25) is 0 Å². The van der Waals surface area contributed by atoms with Gasteiger partial charge < -0.3 is 35.8 Å². The number of ether oxygens (including phenoxy) is 2. The van der Waals surface area contributed by atoms with E-state index in [9.17, 15) is 9.59 Å². The summed E-state index contributed by atoms with van der Waals surface area (Å²) < 4.78 is 43.5. The monoisotopic (exact) mass is 741 g/mol. The van der Waals surface area contributed by atoms with Gasteiger partial charge in [0, 0.05) is 48.6 Å². The van der Waals surface area contributed by atoms with Crippen molar-refractivity contribution in [2.45, 2.75) is 76.8 Å². The molecule has 7 rings (SSSR count). The van der Waals surface area contributed by atoms with Gasteiger partial charge in [-0.3, -0.25) is 4.79 Å². The molecule has 0 spiro atoms. The first kappa shape index (κ1) is 37.4. The van der Waals surface area contributed by atoms with Gasteiger partial charge in [0.05, 0.1) is 24.2 Å². The van der Waals surface area contributed by atoms with E-state index in [-0.39, 0.29) is 28.9 Å². The maximum absolute atomic E-state index is 16.6. The van der Waals surface area contributed by atoms with Crippen molar-refractivity contribution in [3.05, 3.63) is 88.8 Å². The molecule has 11 nitrogen and oxygen atoms in total. The summed E-state index contributed by atoms with van der Waals surface area (Å²) in [6.07, 6.45) is 8.67. The van der Waals surface area contributed by atoms with Gasteiger partial charge in [-0.25, -0.2) is 14.8 Å². The number of H-pyrrole nitrogens is 2. The summed E-state index contributed by atoms with van der Waals surface area (Å²) >= 11 is 0. The number of allylic oxidation sites excluding steroid dienone is 4. The van der Waals surface area contributed by atoms with Crippen LogP contribution in [0.4, 0.5) is 13.6 Å². The number of hydrogen-bond acceptors (Lipinski definition) is 7. The second-order valence-corrected chi connectivity index (χ2v) is 15.0. The van der Waals surface area contributed by atoms with E-state index < -0.39 is 35.9 Å². The van der Waals surface area contributed by atoms with Gasteiger partial charge in [0.1, 0.15) is 17.7 Å². The van der Waals surface area contributed by atoms with E-state index in [1.807, 2.05) is 51.1 Å². The second kappa shape index (κ2) is 15.5. The van der Waals surface area contributed by atoms with E-state index in [4.69, 9.17) is 15.2 Å². The molecule has 6 N–H and O–H groups in total. The first-order valence-electron chi connectivity index (χ1n) is 18.9. The lowest BCUT2D eigenvalue weighted by Crippen LogP contribution is -2.53. The summed E-state index contributed by atoms with van der Waals surface area (Å²) in [5.41, 5.74) is 10.8. The normalized spacial score (nSPS) is 20.5. The van der Waals surface area contributed by atoms with E-state index in [0.717, 1.165) is 41.7 Å². The number of aromatic amines is 2. The molecule has 0 bridgehead atoms. The average molecular weight is 742 g/mol. The molecule has 2 aliphatic carbocycles. The van der Waals surface area contributed by atoms with Crippen LogP contribution >= 0.6 is 0 Å². The van der Waals surface area contributed by atoms with Gasteiger partial charge in [-0.05, 0) is 90.4 Å². The molecule has 1 saturated heterocycles. The molecule has 4 atom stereocenters. The molecule has 3 heterocycles. The lowest BCUT2D eigenvalue weighted by molar-refractivity contribution is -0.126. The summed E-state index contributed by atoms with van der Waals surface area (Å²) in [6.45, 7) is 7.41. The van der Waals surface area contributed by atoms with Crippen molar-refractivity contribution in [3.8, 4) is 11.1 Å². The van der Waals surface area contributed by atoms with Crippen LogP contribution in [0.15, 0.2) is 60.3 Å². The first-order chi connectivity index (χ1) is 26.0. The Kier molecular flexibility index (Phi) is 10.7. The molecule has 1 aliphatic heterocycles. The molecule has 0 saturated carbocycles. The van der Waals surface area contributed by atoms with E-state index in [1.54, 1.807) is 24.4 Å². The average Bonchev–Trinajstić information content (AvgIpc) is 3.87. The molecule has 54 heavy (non-hydrogen) atoms. The van der Waals surface area contributed by atoms with Crippen LogP contribution in [0.3, 0.4) is 0 Å². The van der Waals surface area contributed by atoms with Crippen molar-refractivity contribution in [1.82, 2.24) is 30.6 Å². The third-order valence-electron chi connectivity index (χ3n) is 11.2. The molecule has 13 heteroatoms. The Bertz CT molecular complexity index is 2080. The number of nitrogens with one attached hydrogen (secondary N) is 4. The molecule has 3 aliphatic rings. The van der Waals surface area contributed by atoms with Crippen LogP contribution in [0.1, 0.15) is 86.9 Å². The minimum atomic E-state index is -3.18. The number of amides is 2. The highest BCUT2D eigenvalue weighted by Crippen LogP contribution is 2.57. The van der Waals surface area contributed by atoms with E-state index in [2.05, 4.69) is 30.6 Å². The van der Waals surface area contributed by atoms with Crippen LogP contribution in [-0.2, 0) is 26.6 Å². The Morgan fingerprint density at radius 3 is 2.57 bits per heavy atom. The fraction of sp³-hybridized carbons (Fsp3) is 0.463. The lowest BCUT2D eigenvalue weighted by Gasteiger charge is -2.31. The molecule has 4 aromatic rings. The Morgan fingerprint density at radius 2 is 1.83 bits per heavy atom. The number of aromatic nitrogens is 4. The zero-order chi connectivity index (χ0) is 38.1. The fourth-order valence-electron chi connectivity index (χ4n) is 8.21. The number of imidazole rings is 2. The summed E-state index contributed by atoms with van der Waals surface area (Å²) in [5, 5.41) is 5.80. The van der Waals surface area contributed by atoms with Crippen LogP contribution in [0.25, 0.3) is 27.7 Å². The topological polar surface area (TPSA) is 160 Å². The molecule has 2 aromatic carbocycles. The van der Waals surface area contributed by atoms with Crippen molar-refractivity contribution >= 4 is 28.6 Å². The predicted octanol–water partition coefficient (Wildman–Crippen LogP) is 7.05. The number of alkyl halides is 2. The number of carbonyl (C=O) groups excluding carboxylic acids is 2. The van der Waals surface area contributed by atoms with Crippen molar-refractivity contribution < 1.29 is 27.8 Å². The molecule has 1 fully saturated rings. The SMILES string of the molecule is COC(=O)N[C@H](C(=O)N[C@H](c1ncc(C2C=CC3=C(C2C)C(F)(F)c2cc(-c4ccc5nc(CCCCN)[nH]c5c4)ccc23)[nH]1)C(C)C)C1CCOCC1. The molecule has 2 amide bonds. The summed E-state index contributed by atoms with van der Waals surface area (Å²) in [6, 6.07) is 9.82. The van der Waals surface area contributed by atoms with Crippen LogP contribution in [0.5, 0.6) is 0 Å². The van der Waals surface area contributed by atoms with Gasteiger partial charge in [0.2, 0.25) is 5.91 Å². The Morgan fingerprint density at radius 1 is 1.07 bits per heavy atom. The summed E-state index contributed by atoms with van der Waals surface area (Å²) in [4.78, 5) is 42.0. The highest BCUT2D eigenvalue weighted by molar-refractivity contribution is 5.89. The summed E-state index contributed by atoms with van der Waals surface area (Å²) in [7, 11) is 1.26. The number of rotatable bonds is 12. The maximum atomic E-state index is 16.6. The largest absolute Gasteiger partial charge is 0.453 e. The van der Waals surface area contributed by atoms with Crippen molar-refractivity contribution in [3.63, 3.8) is 0 Å². The molecule has 2 unspecified atom stereocenters. The number of halogens is 2. The highest BCUT2D eigenvalue weighted by Gasteiger charge is 2.50. The minimum absolute atomic E-state index is 0.00172. The number of carbonyl (C=O) groups is 2. The quantitative estimate of drug-likeness (QED) is 0.0974. The standard InChI is InChI=1S/C41H49F2N7O4/c1-22(2)36(49-39(51)37(50-40(52)53-4)24-14-17-54-18-15-24)38-45-21-33(48-38)27-11-12-29-28-10-8-25(19-30(28)41(42,43)35(29)23(27)3)26-9-13-31-32(20-26)47-34(46-31)7-5-6-16-44/h8-13,19-24,27,36-37H,5-7,14-18,44H2,1-4H3,(H,45,48)(H,46,47)(H,49,51)(H,50,52)/t23?,27?,36-,37-/m0/s1. The van der Waals surface area contributed by atoms with Crippen LogP contribution in [0, 0.1) is 17.8 Å². The van der Waals surface area contributed by atoms with Gasteiger partial charge in [0.15, 0.2) is 0 Å². The van der Waals surface area contributed by atoms with Gasteiger partial charge in [0.25, 0.3) is 5.92 Å². The Hall–Kier alpha value is -4.88. The van der Waals surface area contributed by atoms with Gasteiger partial charge in [-0.2, -0.15) is 8.78 Å². The number of methoxy groups -OCH3 is 1. The van der Waals surface area contributed by atoms with Gasteiger partial charge in [-0.15, -0.1) is 0 Å². The molecular weight excluding hydrogens is 692 g/mol. The van der Waals surface area contributed by atoms with Crippen LogP contribution in [-0.4, -0.2) is 64.8 Å². The van der Waals surface area contributed by atoms with E-state index in [1.165, 1.54) is 7.11 Å². The minimum Gasteiger partial charge on any atom is -0.453 e. The van der Waals surface area contributed by atoms with Crippen molar-refractivity contribution in [2.24, 2.45) is 23.5 Å². The number of alkyl carbamates (subject to hydrolysis) is 1. The number of nitrogens with zero attached hydrogens (tertiary/aromatic N) is 2. The fourth-order valence-corrected chi connectivity index (χ4v) is 8.21. The van der Waals surface area contributed by atoms with Crippen LogP contribution < -0.4 is 16.4 Å². The molecule has 0 radical (unpaired) electrons. The smallest absolute Gasteiger partial charge is 0.407 e. The van der Waals surface area contributed by atoms with Crippen molar-refractivity contribution in [1.29, 1.82) is 0 Å². The third kappa shape index (κ3) is 7.18. The second-order valence-electron chi connectivity index (χ2n) is 15.0. The third-order valence-corrected chi connectivity index (χ3v) is 11.2. The summed E-state index contributed by atoms with van der Waals surface area (Å²) in [5.74, 6) is -3.25. The van der Waals surface area contributed by atoms with Gasteiger partial charge in [-0.1, -0.05) is 51.1 Å². The Labute approximate surface area is 313 Å². The molecule has 2 aromatic heterocycles. The first-order valence-corrected chi connectivity index (χ1v) is 18.9. The number of nitrogens with two attached hydrogens (primary N) is 1. The number of hydrogen-bond donors (Lipinski definition) is 5. The number of unbranched alkanes of at least 4 members (excludes halogenated alkanes) is 1. The Balaban J connectivity index is 1.09. The van der Waals surface area contributed by atoms with E-state index >= 15 is 8.78 Å². The number of aryl methyl sites for hydroxylation is 1. The number of benzene rings is 2. The number of fused-ring (bicyclic) bond motifs is 3. The van der Waals surface area contributed by atoms with Gasteiger partial charge >= 0.3 is 6.09 Å².